The molecule has 4 aromatic rings. The number of rotatable bonds is 3. The predicted octanol–water partition coefficient (Wildman–Crippen LogP) is 5.58. The number of benzene rings is 3. The lowest BCUT2D eigenvalue weighted by atomic mass is 10.0. The van der Waals surface area contributed by atoms with Gasteiger partial charge in [-0.15, -0.1) is 0 Å². The number of hydrogen-bond acceptors (Lipinski definition) is 2. The number of aromatic nitrogens is 1. The molecule has 24 heavy (non-hydrogen) atoms. The van der Waals surface area contributed by atoms with Crippen molar-refractivity contribution in [3.05, 3.63) is 84.9 Å². The van der Waals surface area contributed by atoms with Crippen LogP contribution in [0.1, 0.15) is 0 Å². The topological polar surface area (TPSA) is 22.1 Å². The molecule has 2 nitrogen and oxygen atoms in total. The fourth-order valence-electron chi connectivity index (χ4n) is 2.86. The zero-order valence-electron chi connectivity index (χ0n) is 13.4. The Morgan fingerprint density at radius 3 is 2.17 bits per heavy atom. The molecular weight excluding hydrogens is 294 g/mol. The van der Waals surface area contributed by atoms with Crippen molar-refractivity contribution in [2.24, 2.45) is 0 Å². The van der Waals surface area contributed by atoms with Crippen LogP contribution in [0.15, 0.2) is 84.9 Å². The van der Waals surface area contributed by atoms with Gasteiger partial charge < -0.3 is 4.74 Å². The van der Waals surface area contributed by atoms with E-state index in [2.05, 4.69) is 54.6 Å². The normalized spacial score (nSPS) is 10.7. The van der Waals surface area contributed by atoms with E-state index in [-0.39, 0.29) is 0 Å². The Labute approximate surface area is 141 Å². The van der Waals surface area contributed by atoms with E-state index < -0.39 is 0 Å². The third-order valence-corrected chi connectivity index (χ3v) is 4.18. The monoisotopic (exact) mass is 311 g/mol. The van der Waals surface area contributed by atoms with Crippen LogP contribution in [0.3, 0.4) is 0 Å². The minimum Gasteiger partial charge on any atom is -0.497 e. The zero-order chi connectivity index (χ0) is 16.4. The number of nitrogens with zero attached hydrogens (tertiary/aromatic N) is 1. The minimum atomic E-state index is 0.869. The highest BCUT2D eigenvalue weighted by molar-refractivity contribution is 5.86. The number of methoxy groups -OCH3 is 1. The summed E-state index contributed by atoms with van der Waals surface area (Å²) in [5, 5.41) is 1.14. The summed E-state index contributed by atoms with van der Waals surface area (Å²) in [7, 11) is 1.68. The van der Waals surface area contributed by atoms with E-state index in [4.69, 9.17) is 9.72 Å². The quantitative estimate of drug-likeness (QED) is 0.493. The van der Waals surface area contributed by atoms with Gasteiger partial charge in [-0.3, -0.25) is 0 Å². The molecule has 0 saturated carbocycles. The van der Waals surface area contributed by atoms with Crippen LogP contribution in [-0.2, 0) is 0 Å². The fourth-order valence-corrected chi connectivity index (χ4v) is 2.86. The van der Waals surface area contributed by atoms with Crippen LogP contribution in [0.4, 0.5) is 0 Å². The Kier molecular flexibility index (Phi) is 3.72. The highest BCUT2D eigenvalue weighted by atomic mass is 16.5. The summed E-state index contributed by atoms with van der Waals surface area (Å²) in [6.07, 6.45) is 0. The van der Waals surface area contributed by atoms with Crippen molar-refractivity contribution in [2.45, 2.75) is 0 Å². The van der Waals surface area contributed by atoms with E-state index in [1.807, 2.05) is 30.3 Å². The highest BCUT2D eigenvalue weighted by Crippen LogP contribution is 2.27. The summed E-state index contributed by atoms with van der Waals surface area (Å²) in [4.78, 5) is 4.79. The molecule has 116 valence electrons. The third kappa shape index (κ3) is 2.74. The summed E-state index contributed by atoms with van der Waals surface area (Å²) in [5.41, 5.74) is 5.50. The summed E-state index contributed by atoms with van der Waals surface area (Å²) in [6, 6.07) is 29.0. The van der Waals surface area contributed by atoms with Crippen molar-refractivity contribution in [3.63, 3.8) is 0 Å². The van der Waals surface area contributed by atoms with Crippen molar-refractivity contribution >= 4 is 10.9 Å². The molecule has 0 amide bonds. The standard InChI is InChI=1S/C22H17NO/c1-24-20-11-7-16(8-12-20)18-9-13-22-19(15-18)10-14-21(23-22)17-5-3-2-4-6-17/h2-15H,1H3. The minimum absolute atomic E-state index is 0.869. The predicted molar refractivity (Wildman–Crippen MR) is 99.2 cm³/mol. The molecule has 0 aliphatic heterocycles. The Morgan fingerprint density at radius 2 is 1.42 bits per heavy atom. The number of hydrogen-bond donors (Lipinski definition) is 0. The van der Waals surface area contributed by atoms with Crippen molar-refractivity contribution in [2.75, 3.05) is 7.11 Å². The van der Waals surface area contributed by atoms with Gasteiger partial charge in [0, 0.05) is 10.9 Å². The van der Waals surface area contributed by atoms with Gasteiger partial charge in [-0.05, 0) is 41.5 Å². The first-order valence-electron chi connectivity index (χ1n) is 7.94. The Balaban J connectivity index is 1.73. The summed E-state index contributed by atoms with van der Waals surface area (Å²) < 4.78 is 5.22. The lowest BCUT2D eigenvalue weighted by molar-refractivity contribution is 0.415. The van der Waals surface area contributed by atoms with Gasteiger partial charge in [0.15, 0.2) is 0 Å². The first-order valence-corrected chi connectivity index (χ1v) is 7.94. The van der Waals surface area contributed by atoms with Crippen LogP contribution < -0.4 is 4.74 Å². The van der Waals surface area contributed by atoms with Gasteiger partial charge in [0.05, 0.1) is 18.3 Å². The maximum absolute atomic E-state index is 5.22. The van der Waals surface area contributed by atoms with Crippen LogP contribution >= 0.6 is 0 Å². The molecule has 2 heteroatoms. The van der Waals surface area contributed by atoms with Gasteiger partial charge in [-0.25, -0.2) is 4.98 Å². The van der Waals surface area contributed by atoms with E-state index in [0.717, 1.165) is 27.9 Å². The lowest BCUT2D eigenvalue weighted by Crippen LogP contribution is -1.86. The molecule has 3 aromatic carbocycles. The molecule has 0 bridgehead atoms. The number of pyridine rings is 1. The molecule has 0 spiro atoms. The lowest BCUT2D eigenvalue weighted by Gasteiger charge is -2.07. The molecule has 0 aliphatic rings. The average Bonchev–Trinajstić information content (AvgIpc) is 2.68. The number of ether oxygens (including phenoxy) is 1. The first kappa shape index (κ1) is 14.5. The number of fused-ring (bicyclic) bond motifs is 1. The van der Waals surface area contributed by atoms with Gasteiger partial charge in [0.2, 0.25) is 0 Å². The second-order valence-corrected chi connectivity index (χ2v) is 5.70. The average molecular weight is 311 g/mol. The molecular formula is C22H17NO. The van der Waals surface area contributed by atoms with Gasteiger partial charge in [-0.2, -0.15) is 0 Å². The molecule has 0 radical (unpaired) electrons. The molecule has 1 aromatic heterocycles. The molecule has 0 saturated heterocycles. The smallest absolute Gasteiger partial charge is 0.118 e. The van der Waals surface area contributed by atoms with E-state index in [0.29, 0.717) is 0 Å². The van der Waals surface area contributed by atoms with Gasteiger partial charge in [0.1, 0.15) is 5.75 Å². The summed E-state index contributed by atoms with van der Waals surface area (Å²) >= 11 is 0. The SMILES string of the molecule is COc1ccc(-c2ccc3nc(-c4ccccc4)ccc3c2)cc1. The first-order chi connectivity index (χ1) is 11.8. The largest absolute Gasteiger partial charge is 0.497 e. The maximum atomic E-state index is 5.22. The van der Waals surface area contributed by atoms with Crippen LogP contribution in [0.25, 0.3) is 33.3 Å². The van der Waals surface area contributed by atoms with Crippen LogP contribution in [0, 0.1) is 0 Å². The van der Waals surface area contributed by atoms with Crippen molar-refractivity contribution in [3.8, 4) is 28.1 Å². The molecule has 0 N–H and O–H groups in total. The van der Waals surface area contributed by atoms with Crippen molar-refractivity contribution in [1.29, 1.82) is 0 Å². The molecule has 1 heterocycles. The van der Waals surface area contributed by atoms with Gasteiger partial charge in [-0.1, -0.05) is 54.6 Å². The maximum Gasteiger partial charge on any atom is 0.118 e. The van der Waals surface area contributed by atoms with Crippen LogP contribution in [0.5, 0.6) is 5.75 Å². The van der Waals surface area contributed by atoms with Gasteiger partial charge >= 0.3 is 0 Å². The van der Waals surface area contributed by atoms with E-state index in [1.54, 1.807) is 7.11 Å². The third-order valence-electron chi connectivity index (χ3n) is 4.18. The summed E-state index contributed by atoms with van der Waals surface area (Å²) in [5.74, 6) is 0.869. The van der Waals surface area contributed by atoms with Crippen molar-refractivity contribution in [1.82, 2.24) is 4.98 Å². The molecule has 4 rings (SSSR count). The Morgan fingerprint density at radius 1 is 0.667 bits per heavy atom. The molecule has 0 atom stereocenters. The Bertz CT molecular complexity index is 976. The van der Waals surface area contributed by atoms with E-state index in [9.17, 15) is 0 Å². The van der Waals surface area contributed by atoms with Crippen LogP contribution in [0.2, 0.25) is 0 Å². The van der Waals surface area contributed by atoms with E-state index in [1.165, 1.54) is 11.1 Å². The highest BCUT2D eigenvalue weighted by Gasteiger charge is 2.04. The van der Waals surface area contributed by atoms with E-state index >= 15 is 0 Å². The Hall–Kier alpha value is -3.13. The second-order valence-electron chi connectivity index (χ2n) is 5.70. The van der Waals surface area contributed by atoms with Crippen LogP contribution in [-0.4, -0.2) is 12.1 Å². The molecule has 0 fully saturated rings. The van der Waals surface area contributed by atoms with Gasteiger partial charge in [0.25, 0.3) is 0 Å². The molecule has 0 aliphatic carbocycles. The second kappa shape index (κ2) is 6.17. The fraction of sp³-hybridized carbons (Fsp3) is 0.0455. The molecule has 0 unspecified atom stereocenters. The summed E-state index contributed by atoms with van der Waals surface area (Å²) in [6.45, 7) is 0. The van der Waals surface area contributed by atoms with Crippen molar-refractivity contribution < 1.29 is 4.74 Å². The zero-order valence-corrected chi connectivity index (χ0v) is 13.4.